The summed E-state index contributed by atoms with van der Waals surface area (Å²) in [6.45, 7) is 6.44. The first-order valence-electron chi connectivity index (χ1n) is 6.38. The third-order valence-electron chi connectivity index (χ3n) is 3.87. The Balaban J connectivity index is 1.92. The SMILES string of the molecule is CC(C)C1(N)CN(Cc2ccc(C(F)(F)F)cc2)C1. The van der Waals surface area contributed by atoms with Crippen molar-refractivity contribution >= 4 is 0 Å². The molecule has 5 heteroatoms. The van der Waals surface area contributed by atoms with E-state index in [0.717, 1.165) is 30.8 Å². The third-order valence-corrected chi connectivity index (χ3v) is 3.87. The van der Waals surface area contributed by atoms with Crippen molar-refractivity contribution in [3.63, 3.8) is 0 Å². The molecule has 2 rings (SSSR count). The lowest BCUT2D eigenvalue weighted by Crippen LogP contribution is -2.69. The molecule has 1 saturated heterocycles. The number of nitrogens with zero attached hydrogens (tertiary/aromatic N) is 1. The molecule has 0 bridgehead atoms. The monoisotopic (exact) mass is 272 g/mol. The van der Waals surface area contributed by atoms with E-state index in [4.69, 9.17) is 5.73 Å². The van der Waals surface area contributed by atoms with Crippen molar-refractivity contribution in [1.82, 2.24) is 4.90 Å². The second-order valence-corrected chi connectivity index (χ2v) is 5.73. The molecule has 0 spiro atoms. The van der Waals surface area contributed by atoms with E-state index in [9.17, 15) is 13.2 Å². The smallest absolute Gasteiger partial charge is 0.323 e. The van der Waals surface area contributed by atoms with E-state index < -0.39 is 11.7 Å². The molecule has 1 fully saturated rings. The van der Waals surface area contributed by atoms with Gasteiger partial charge in [0.25, 0.3) is 0 Å². The zero-order valence-electron chi connectivity index (χ0n) is 11.2. The van der Waals surface area contributed by atoms with Gasteiger partial charge in [-0.25, -0.2) is 0 Å². The lowest BCUT2D eigenvalue weighted by atomic mass is 9.80. The number of likely N-dealkylation sites (tertiary alicyclic amines) is 1. The molecular weight excluding hydrogens is 253 g/mol. The fourth-order valence-corrected chi connectivity index (χ4v) is 2.32. The molecule has 0 aromatic heterocycles. The lowest BCUT2D eigenvalue weighted by molar-refractivity contribution is -0.137. The van der Waals surface area contributed by atoms with Gasteiger partial charge in [0.05, 0.1) is 5.56 Å². The van der Waals surface area contributed by atoms with Crippen molar-refractivity contribution in [3.05, 3.63) is 35.4 Å². The summed E-state index contributed by atoms with van der Waals surface area (Å²) in [4.78, 5) is 2.16. The van der Waals surface area contributed by atoms with Gasteiger partial charge in [-0.3, -0.25) is 4.90 Å². The number of halogens is 3. The van der Waals surface area contributed by atoms with Crippen LogP contribution in [0.15, 0.2) is 24.3 Å². The molecule has 1 aromatic rings. The first-order chi connectivity index (χ1) is 8.71. The molecule has 1 heterocycles. The predicted octanol–water partition coefficient (Wildman–Crippen LogP) is 2.87. The second-order valence-electron chi connectivity index (χ2n) is 5.73. The van der Waals surface area contributed by atoms with E-state index in [1.807, 2.05) is 0 Å². The summed E-state index contributed by atoms with van der Waals surface area (Å²) >= 11 is 0. The number of nitrogens with two attached hydrogens (primary N) is 1. The molecule has 0 saturated carbocycles. The first kappa shape index (κ1) is 14.3. The van der Waals surface area contributed by atoms with Gasteiger partial charge in [-0.05, 0) is 23.6 Å². The number of hydrogen-bond donors (Lipinski definition) is 1. The lowest BCUT2D eigenvalue weighted by Gasteiger charge is -2.50. The van der Waals surface area contributed by atoms with E-state index in [-0.39, 0.29) is 5.54 Å². The third kappa shape index (κ3) is 3.09. The Morgan fingerprint density at radius 1 is 1.21 bits per heavy atom. The summed E-state index contributed by atoms with van der Waals surface area (Å²) in [5.41, 5.74) is 6.32. The highest BCUT2D eigenvalue weighted by Gasteiger charge is 2.41. The Morgan fingerprint density at radius 3 is 2.16 bits per heavy atom. The molecule has 19 heavy (non-hydrogen) atoms. The van der Waals surface area contributed by atoms with Crippen LogP contribution in [-0.4, -0.2) is 23.5 Å². The summed E-state index contributed by atoms with van der Waals surface area (Å²) in [7, 11) is 0. The molecule has 0 amide bonds. The average Bonchev–Trinajstić information content (AvgIpc) is 2.26. The fourth-order valence-electron chi connectivity index (χ4n) is 2.32. The van der Waals surface area contributed by atoms with E-state index in [0.29, 0.717) is 12.5 Å². The maximum atomic E-state index is 12.4. The highest BCUT2D eigenvalue weighted by molar-refractivity contribution is 5.25. The Labute approximate surface area is 111 Å². The van der Waals surface area contributed by atoms with E-state index >= 15 is 0 Å². The number of rotatable bonds is 3. The van der Waals surface area contributed by atoms with E-state index in [1.54, 1.807) is 0 Å². The van der Waals surface area contributed by atoms with Gasteiger partial charge in [-0.15, -0.1) is 0 Å². The van der Waals surface area contributed by atoms with Crippen LogP contribution in [0.2, 0.25) is 0 Å². The minimum Gasteiger partial charge on any atom is -0.323 e. The second kappa shape index (κ2) is 4.80. The molecule has 1 aliphatic rings. The predicted molar refractivity (Wildman–Crippen MR) is 68.5 cm³/mol. The number of alkyl halides is 3. The number of benzene rings is 1. The van der Waals surface area contributed by atoms with Gasteiger partial charge < -0.3 is 5.73 Å². The molecule has 1 aliphatic heterocycles. The molecule has 0 unspecified atom stereocenters. The van der Waals surface area contributed by atoms with Crippen LogP contribution in [0.4, 0.5) is 13.2 Å². The summed E-state index contributed by atoms with van der Waals surface area (Å²) in [5.74, 6) is 0.413. The molecule has 0 aliphatic carbocycles. The highest BCUT2D eigenvalue weighted by Crippen LogP contribution is 2.30. The van der Waals surface area contributed by atoms with Crippen LogP contribution in [0.25, 0.3) is 0 Å². The van der Waals surface area contributed by atoms with Crippen molar-refractivity contribution in [3.8, 4) is 0 Å². The van der Waals surface area contributed by atoms with Gasteiger partial charge in [0.1, 0.15) is 0 Å². The summed E-state index contributed by atoms with van der Waals surface area (Å²) in [5, 5.41) is 0. The maximum absolute atomic E-state index is 12.4. The Bertz CT molecular complexity index is 431. The van der Waals surface area contributed by atoms with Crippen molar-refractivity contribution in [1.29, 1.82) is 0 Å². The van der Waals surface area contributed by atoms with Gasteiger partial charge in [0.2, 0.25) is 0 Å². The zero-order valence-corrected chi connectivity index (χ0v) is 11.2. The molecule has 2 nitrogen and oxygen atoms in total. The van der Waals surface area contributed by atoms with Gasteiger partial charge >= 0.3 is 6.18 Å². The summed E-state index contributed by atoms with van der Waals surface area (Å²) in [6.07, 6.45) is -4.26. The van der Waals surface area contributed by atoms with Gasteiger partial charge in [-0.2, -0.15) is 13.2 Å². The van der Waals surface area contributed by atoms with Crippen molar-refractivity contribution in [2.75, 3.05) is 13.1 Å². The summed E-state index contributed by atoms with van der Waals surface area (Å²) < 4.78 is 37.3. The first-order valence-corrected chi connectivity index (χ1v) is 6.38. The molecule has 106 valence electrons. The summed E-state index contributed by atoms with van der Waals surface area (Å²) in [6, 6.07) is 5.34. The highest BCUT2D eigenvalue weighted by atomic mass is 19.4. The Morgan fingerprint density at radius 2 is 1.74 bits per heavy atom. The molecule has 0 radical (unpaired) electrons. The van der Waals surface area contributed by atoms with Gasteiger partial charge in [0, 0.05) is 25.2 Å². The topological polar surface area (TPSA) is 29.3 Å². The van der Waals surface area contributed by atoms with Crippen molar-refractivity contribution in [2.45, 2.75) is 32.1 Å². The van der Waals surface area contributed by atoms with E-state index in [2.05, 4.69) is 18.7 Å². The van der Waals surface area contributed by atoms with Crippen LogP contribution in [0.3, 0.4) is 0 Å². The quantitative estimate of drug-likeness (QED) is 0.916. The van der Waals surface area contributed by atoms with Crippen LogP contribution in [0.5, 0.6) is 0 Å². The van der Waals surface area contributed by atoms with Crippen LogP contribution >= 0.6 is 0 Å². The minimum atomic E-state index is -4.26. The molecule has 0 atom stereocenters. The maximum Gasteiger partial charge on any atom is 0.416 e. The normalized spacial score (nSPS) is 19.5. The average molecular weight is 272 g/mol. The number of hydrogen-bond acceptors (Lipinski definition) is 2. The van der Waals surface area contributed by atoms with Crippen LogP contribution in [0, 0.1) is 5.92 Å². The van der Waals surface area contributed by atoms with Crippen LogP contribution in [0.1, 0.15) is 25.0 Å². The van der Waals surface area contributed by atoms with Gasteiger partial charge in [-0.1, -0.05) is 26.0 Å². The van der Waals surface area contributed by atoms with Crippen LogP contribution in [-0.2, 0) is 12.7 Å². The van der Waals surface area contributed by atoms with E-state index in [1.165, 1.54) is 12.1 Å². The molecule has 2 N–H and O–H groups in total. The molecular formula is C14H19F3N2. The molecule has 1 aromatic carbocycles. The zero-order chi connectivity index (χ0) is 14.3. The fraction of sp³-hybridized carbons (Fsp3) is 0.571. The van der Waals surface area contributed by atoms with Gasteiger partial charge in [0.15, 0.2) is 0 Å². The van der Waals surface area contributed by atoms with Crippen LogP contribution < -0.4 is 5.73 Å². The Kier molecular flexibility index (Phi) is 3.62. The Hall–Kier alpha value is -1.07. The largest absolute Gasteiger partial charge is 0.416 e. The standard InChI is InChI=1S/C14H19F3N2/c1-10(2)13(18)8-19(9-13)7-11-3-5-12(6-4-11)14(15,16)17/h3-6,10H,7-9,18H2,1-2H3. The van der Waals surface area contributed by atoms with Crippen molar-refractivity contribution in [2.24, 2.45) is 11.7 Å². The van der Waals surface area contributed by atoms with Crippen molar-refractivity contribution < 1.29 is 13.2 Å². The minimum absolute atomic E-state index is 0.147.